The number of benzene rings is 1. The van der Waals surface area contributed by atoms with E-state index in [1.54, 1.807) is 4.90 Å². The van der Waals surface area contributed by atoms with Crippen LogP contribution in [-0.4, -0.2) is 41.6 Å². The molecule has 5 nitrogen and oxygen atoms in total. The fraction of sp³-hybridized carbons (Fsp3) is 0.636. The van der Waals surface area contributed by atoms with Gasteiger partial charge in [0, 0.05) is 25.6 Å². The molecule has 0 saturated carbocycles. The summed E-state index contributed by atoms with van der Waals surface area (Å²) in [5, 5.41) is 3.11. The third-order valence-corrected chi connectivity index (χ3v) is 4.80. The van der Waals surface area contributed by atoms with Crippen molar-refractivity contribution in [2.75, 3.05) is 13.1 Å². The van der Waals surface area contributed by atoms with E-state index in [0.717, 1.165) is 19.3 Å². The lowest BCUT2D eigenvalue weighted by atomic mass is 10.00. The first kappa shape index (κ1) is 21.3. The topological polar surface area (TPSA) is 58.6 Å². The molecule has 1 fully saturated rings. The van der Waals surface area contributed by atoms with Gasteiger partial charge in [-0.1, -0.05) is 38.1 Å². The summed E-state index contributed by atoms with van der Waals surface area (Å²) >= 11 is 0. The number of aryl methyl sites for hydroxylation is 1. The maximum atomic E-state index is 12.2. The molecule has 1 aromatic rings. The van der Waals surface area contributed by atoms with Gasteiger partial charge in [-0.05, 0) is 57.1 Å². The Balaban J connectivity index is 1.70. The average molecular weight is 375 g/mol. The molecule has 5 heteroatoms. The number of likely N-dealkylation sites (tertiary alicyclic amines) is 1. The smallest absolute Gasteiger partial charge is 0.410 e. The number of carbonyl (C=O) groups excluding carboxylic acids is 2. The summed E-state index contributed by atoms with van der Waals surface area (Å²) in [7, 11) is 0. The summed E-state index contributed by atoms with van der Waals surface area (Å²) in [5.74, 6) is 0.604. The van der Waals surface area contributed by atoms with Crippen molar-refractivity contribution in [3.63, 3.8) is 0 Å². The molecule has 2 amide bonds. The third-order valence-electron chi connectivity index (χ3n) is 4.80. The van der Waals surface area contributed by atoms with Gasteiger partial charge in [-0.2, -0.15) is 0 Å². The van der Waals surface area contributed by atoms with Crippen LogP contribution in [0.4, 0.5) is 4.79 Å². The van der Waals surface area contributed by atoms with E-state index in [0.29, 0.717) is 25.4 Å². The summed E-state index contributed by atoms with van der Waals surface area (Å²) in [6.45, 7) is 11.2. The minimum atomic E-state index is -0.477. The fourth-order valence-electron chi connectivity index (χ4n) is 3.16. The number of piperidine rings is 1. The van der Waals surface area contributed by atoms with E-state index in [9.17, 15) is 9.59 Å². The van der Waals surface area contributed by atoms with Gasteiger partial charge in [-0.15, -0.1) is 0 Å². The van der Waals surface area contributed by atoms with E-state index in [-0.39, 0.29) is 18.0 Å². The highest BCUT2D eigenvalue weighted by molar-refractivity contribution is 5.76. The van der Waals surface area contributed by atoms with E-state index < -0.39 is 5.60 Å². The molecule has 1 saturated heterocycles. The van der Waals surface area contributed by atoms with Crippen molar-refractivity contribution in [3.8, 4) is 0 Å². The Hall–Kier alpha value is -2.04. The Kier molecular flexibility index (Phi) is 7.28. The molecule has 0 unspecified atom stereocenters. The average Bonchev–Trinajstić information content (AvgIpc) is 2.59. The van der Waals surface area contributed by atoms with Crippen molar-refractivity contribution < 1.29 is 14.3 Å². The zero-order valence-electron chi connectivity index (χ0n) is 17.4. The van der Waals surface area contributed by atoms with Gasteiger partial charge in [0.2, 0.25) is 5.91 Å². The Morgan fingerprint density at radius 1 is 1.15 bits per heavy atom. The van der Waals surface area contributed by atoms with Crippen molar-refractivity contribution in [1.82, 2.24) is 10.2 Å². The first-order valence-electron chi connectivity index (χ1n) is 10.00. The molecule has 150 valence electrons. The van der Waals surface area contributed by atoms with Gasteiger partial charge in [0.25, 0.3) is 0 Å². The zero-order valence-corrected chi connectivity index (χ0v) is 17.4. The highest BCUT2D eigenvalue weighted by atomic mass is 16.6. The maximum Gasteiger partial charge on any atom is 0.410 e. The number of rotatable bonds is 5. The molecule has 1 heterocycles. The molecule has 1 aliphatic rings. The normalized spacial score (nSPS) is 15.7. The third kappa shape index (κ3) is 7.24. The molecule has 0 aromatic heterocycles. The number of nitrogens with one attached hydrogen (secondary N) is 1. The maximum absolute atomic E-state index is 12.2. The lowest BCUT2D eigenvalue weighted by Crippen LogP contribution is -2.47. The van der Waals surface area contributed by atoms with Gasteiger partial charge in [-0.25, -0.2) is 4.79 Å². The number of hydrogen-bond donors (Lipinski definition) is 1. The predicted octanol–water partition coefficient (Wildman–Crippen LogP) is 4.26. The van der Waals surface area contributed by atoms with E-state index in [4.69, 9.17) is 4.74 Å². The van der Waals surface area contributed by atoms with Crippen molar-refractivity contribution in [3.05, 3.63) is 35.4 Å². The number of amides is 2. The second-order valence-electron chi connectivity index (χ2n) is 8.71. The molecular weight excluding hydrogens is 340 g/mol. The lowest BCUT2D eigenvalue weighted by Gasteiger charge is -2.33. The highest BCUT2D eigenvalue weighted by Crippen LogP contribution is 2.17. The summed E-state index contributed by atoms with van der Waals surface area (Å²) in [4.78, 5) is 26.1. The Bertz CT molecular complexity index is 624. The molecular formula is C22H34N2O3. The van der Waals surface area contributed by atoms with Crippen molar-refractivity contribution >= 4 is 12.0 Å². The molecule has 0 bridgehead atoms. The second kappa shape index (κ2) is 9.25. The van der Waals surface area contributed by atoms with Crippen molar-refractivity contribution in [1.29, 1.82) is 0 Å². The second-order valence-corrected chi connectivity index (χ2v) is 8.71. The van der Waals surface area contributed by atoms with E-state index in [1.165, 1.54) is 11.1 Å². The molecule has 2 rings (SSSR count). The summed E-state index contributed by atoms with van der Waals surface area (Å²) in [6.07, 6.45) is 2.52. The molecule has 0 radical (unpaired) electrons. The predicted molar refractivity (Wildman–Crippen MR) is 108 cm³/mol. The van der Waals surface area contributed by atoms with E-state index >= 15 is 0 Å². The van der Waals surface area contributed by atoms with Gasteiger partial charge in [0.15, 0.2) is 0 Å². The minimum absolute atomic E-state index is 0.0821. The molecule has 27 heavy (non-hydrogen) atoms. The Morgan fingerprint density at radius 3 is 2.26 bits per heavy atom. The molecule has 0 spiro atoms. The van der Waals surface area contributed by atoms with Crippen LogP contribution in [0.25, 0.3) is 0 Å². The SMILES string of the molecule is CC(C)c1ccc(CCC(=O)NC2CCN(C(=O)OC(C)(C)C)CC2)cc1. The van der Waals surface area contributed by atoms with Gasteiger partial charge >= 0.3 is 6.09 Å². The van der Waals surface area contributed by atoms with Gasteiger partial charge in [-0.3, -0.25) is 4.79 Å². The van der Waals surface area contributed by atoms with Crippen LogP contribution in [0, 0.1) is 0 Å². The van der Waals surface area contributed by atoms with Crippen LogP contribution in [0.2, 0.25) is 0 Å². The first-order chi connectivity index (χ1) is 12.6. The zero-order chi connectivity index (χ0) is 20.0. The van der Waals surface area contributed by atoms with Crippen LogP contribution < -0.4 is 5.32 Å². The molecule has 0 aliphatic carbocycles. The van der Waals surface area contributed by atoms with E-state index in [1.807, 2.05) is 20.8 Å². The molecule has 1 N–H and O–H groups in total. The van der Waals surface area contributed by atoms with E-state index in [2.05, 4.69) is 43.4 Å². The molecule has 0 atom stereocenters. The number of nitrogens with zero attached hydrogens (tertiary/aromatic N) is 1. The van der Waals surface area contributed by atoms with Gasteiger partial charge in [0.05, 0.1) is 0 Å². The monoisotopic (exact) mass is 374 g/mol. The van der Waals surface area contributed by atoms with Crippen LogP contribution >= 0.6 is 0 Å². The van der Waals surface area contributed by atoms with Crippen LogP contribution in [-0.2, 0) is 16.0 Å². The number of hydrogen-bond acceptors (Lipinski definition) is 3. The van der Waals surface area contributed by atoms with Crippen LogP contribution in [0.5, 0.6) is 0 Å². The quantitative estimate of drug-likeness (QED) is 0.838. The molecule has 1 aromatic carbocycles. The molecule has 1 aliphatic heterocycles. The van der Waals surface area contributed by atoms with Crippen LogP contribution in [0.1, 0.15) is 70.9 Å². The van der Waals surface area contributed by atoms with Crippen molar-refractivity contribution in [2.45, 2.75) is 77.9 Å². The Labute approximate surface area is 163 Å². The highest BCUT2D eigenvalue weighted by Gasteiger charge is 2.27. The largest absolute Gasteiger partial charge is 0.444 e. The lowest BCUT2D eigenvalue weighted by molar-refractivity contribution is -0.122. The van der Waals surface area contributed by atoms with Crippen LogP contribution in [0.3, 0.4) is 0 Å². The minimum Gasteiger partial charge on any atom is -0.444 e. The van der Waals surface area contributed by atoms with Crippen LogP contribution in [0.15, 0.2) is 24.3 Å². The summed E-state index contributed by atoms with van der Waals surface area (Å²) in [6, 6.07) is 8.65. The fourth-order valence-corrected chi connectivity index (χ4v) is 3.16. The first-order valence-corrected chi connectivity index (χ1v) is 10.00. The van der Waals surface area contributed by atoms with Gasteiger partial charge in [0.1, 0.15) is 5.60 Å². The standard InChI is InChI=1S/C22H34N2O3/c1-16(2)18-9-6-17(7-10-18)8-11-20(25)23-19-12-14-24(15-13-19)21(26)27-22(3,4)5/h6-7,9-10,16,19H,8,11-15H2,1-5H3,(H,23,25). The summed E-state index contributed by atoms with van der Waals surface area (Å²) < 4.78 is 5.40. The Morgan fingerprint density at radius 2 is 1.74 bits per heavy atom. The van der Waals surface area contributed by atoms with Gasteiger partial charge < -0.3 is 15.0 Å². The van der Waals surface area contributed by atoms with Crippen molar-refractivity contribution in [2.24, 2.45) is 0 Å². The summed E-state index contributed by atoms with van der Waals surface area (Å²) in [5.41, 5.74) is 2.03. The number of carbonyl (C=O) groups is 2. The number of ether oxygens (including phenoxy) is 1.